The minimum Gasteiger partial charge on any atom is -0.492 e. The summed E-state index contributed by atoms with van der Waals surface area (Å²) in [5, 5.41) is 3.16. The second-order valence-corrected chi connectivity index (χ2v) is 9.23. The molecule has 1 aliphatic heterocycles. The molecular weight excluding hydrogens is 430 g/mol. The number of piperazine rings is 1. The zero-order valence-electron chi connectivity index (χ0n) is 19.0. The van der Waals surface area contributed by atoms with Gasteiger partial charge in [-0.25, -0.2) is 0 Å². The molecule has 1 fully saturated rings. The van der Waals surface area contributed by atoms with Gasteiger partial charge in [0.25, 0.3) is 0 Å². The molecule has 1 aliphatic rings. The fourth-order valence-electron chi connectivity index (χ4n) is 3.86. The summed E-state index contributed by atoms with van der Waals surface area (Å²) in [4.78, 5) is 19.9. The van der Waals surface area contributed by atoms with E-state index in [2.05, 4.69) is 27.2 Å². The van der Waals surface area contributed by atoms with E-state index in [0.29, 0.717) is 6.61 Å². The highest BCUT2D eigenvalue weighted by Crippen LogP contribution is 2.33. The third-order valence-corrected chi connectivity index (χ3v) is 6.95. The molecule has 3 aromatic carbocycles. The van der Waals surface area contributed by atoms with Gasteiger partial charge in [0.15, 0.2) is 0 Å². The fraction of sp³-hybridized carbons (Fsp3) is 0.296. The van der Waals surface area contributed by atoms with Crippen LogP contribution in [0.5, 0.6) is 5.75 Å². The topological polar surface area (TPSA) is 44.8 Å². The van der Waals surface area contributed by atoms with E-state index in [1.165, 1.54) is 0 Å². The molecule has 0 spiro atoms. The molecule has 5 nitrogen and oxygen atoms in total. The molecule has 1 amide bonds. The molecule has 1 unspecified atom stereocenters. The molecule has 4 rings (SSSR count). The van der Waals surface area contributed by atoms with Crippen LogP contribution in [-0.4, -0.2) is 61.1 Å². The lowest BCUT2D eigenvalue weighted by Gasteiger charge is -2.37. The lowest BCUT2D eigenvalue weighted by atomic mass is 10.2. The first-order valence-electron chi connectivity index (χ1n) is 11.5. The molecule has 0 radical (unpaired) electrons. The number of ether oxygens (including phenoxy) is 1. The number of amides is 1. The second-order valence-electron chi connectivity index (χ2n) is 8.12. The zero-order valence-corrected chi connectivity index (χ0v) is 19.8. The Morgan fingerprint density at radius 3 is 2.27 bits per heavy atom. The van der Waals surface area contributed by atoms with Crippen molar-refractivity contribution in [3.05, 3.63) is 84.9 Å². The Hall–Kier alpha value is -2.80. The van der Waals surface area contributed by atoms with Crippen LogP contribution < -0.4 is 10.1 Å². The van der Waals surface area contributed by atoms with E-state index < -0.39 is 0 Å². The van der Waals surface area contributed by atoms with E-state index >= 15 is 0 Å². The van der Waals surface area contributed by atoms with Crippen LogP contribution in [0.4, 0.5) is 5.69 Å². The van der Waals surface area contributed by atoms with Gasteiger partial charge in [0, 0.05) is 42.5 Å². The first-order valence-corrected chi connectivity index (χ1v) is 12.3. The van der Waals surface area contributed by atoms with Crippen molar-refractivity contribution < 1.29 is 9.53 Å². The number of carbonyl (C=O) groups is 1. The average molecular weight is 462 g/mol. The number of hydrogen-bond donors (Lipinski definition) is 1. The van der Waals surface area contributed by atoms with Crippen LogP contribution in [0.3, 0.4) is 0 Å². The van der Waals surface area contributed by atoms with Gasteiger partial charge in [-0.05, 0) is 43.3 Å². The smallest absolute Gasteiger partial charge is 0.241 e. The number of rotatable bonds is 9. The van der Waals surface area contributed by atoms with Crippen LogP contribution >= 0.6 is 11.8 Å². The van der Waals surface area contributed by atoms with Crippen LogP contribution in [0, 0.1) is 0 Å². The van der Waals surface area contributed by atoms with Crippen molar-refractivity contribution in [2.75, 3.05) is 44.6 Å². The third-order valence-electron chi connectivity index (χ3n) is 5.87. The Labute approximate surface area is 200 Å². The first kappa shape index (κ1) is 23.4. The summed E-state index contributed by atoms with van der Waals surface area (Å²) in [6.07, 6.45) is 0. The SMILES string of the molecule is CC(C(=O)Nc1ccccc1Sc1ccccc1)N1CCN(CCOc2ccccc2)CC1. The summed E-state index contributed by atoms with van der Waals surface area (Å²) in [5.74, 6) is 0.948. The first-order chi connectivity index (χ1) is 16.2. The van der Waals surface area contributed by atoms with E-state index in [1.54, 1.807) is 11.8 Å². The van der Waals surface area contributed by atoms with Crippen LogP contribution in [0.2, 0.25) is 0 Å². The average Bonchev–Trinajstić information content (AvgIpc) is 2.86. The summed E-state index contributed by atoms with van der Waals surface area (Å²) in [6.45, 7) is 7.20. The Kier molecular flexibility index (Phi) is 8.41. The number of benzene rings is 3. The van der Waals surface area contributed by atoms with Gasteiger partial charge in [-0.2, -0.15) is 0 Å². The summed E-state index contributed by atoms with van der Waals surface area (Å²) in [7, 11) is 0. The van der Waals surface area contributed by atoms with E-state index in [9.17, 15) is 4.79 Å². The third kappa shape index (κ3) is 6.84. The van der Waals surface area contributed by atoms with Gasteiger partial charge in [-0.1, -0.05) is 60.3 Å². The van der Waals surface area contributed by atoms with Gasteiger partial charge in [-0.15, -0.1) is 0 Å². The van der Waals surface area contributed by atoms with Gasteiger partial charge in [0.2, 0.25) is 5.91 Å². The number of anilines is 1. The fourth-order valence-corrected chi connectivity index (χ4v) is 4.78. The van der Waals surface area contributed by atoms with Crippen molar-refractivity contribution in [3.63, 3.8) is 0 Å². The predicted octanol–water partition coefficient (Wildman–Crippen LogP) is 4.86. The van der Waals surface area contributed by atoms with Crippen LogP contribution in [-0.2, 0) is 4.79 Å². The van der Waals surface area contributed by atoms with E-state index in [0.717, 1.165) is 54.0 Å². The molecule has 0 aliphatic carbocycles. The molecular formula is C27H31N3O2S. The predicted molar refractivity (Wildman–Crippen MR) is 135 cm³/mol. The number of nitrogens with zero attached hydrogens (tertiary/aromatic N) is 2. The number of nitrogens with one attached hydrogen (secondary N) is 1. The zero-order chi connectivity index (χ0) is 22.9. The van der Waals surface area contributed by atoms with Gasteiger partial charge < -0.3 is 10.1 Å². The quantitative estimate of drug-likeness (QED) is 0.493. The largest absolute Gasteiger partial charge is 0.492 e. The van der Waals surface area contributed by atoms with Gasteiger partial charge in [0.05, 0.1) is 11.7 Å². The van der Waals surface area contributed by atoms with Gasteiger partial charge in [-0.3, -0.25) is 14.6 Å². The maximum Gasteiger partial charge on any atom is 0.241 e. The van der Waals surface area contributed by atoms with Crippen molar-refractivity contribution >= 4 is 23.4 Å². The van der Waals surface area contributed by atoms with Crippen molar-refractivity contribution in [3.8, 4) is 5.75 Å². The van der Waals surface area contributed by atoms with Crippen LogP contribution in [0.1, 0.15) is 6.92 Å². The molecule has 6 heteroatoms. The summed E-state index contributed by atoms with van der Waals surface area (Å²) in [6, 6.07) is 28.0. The summed E-state index contributed by atoms with van der Waals surface area (Å²) >= 11 is 1.66. The van der Waals surface area contributed by atoms with Crippen LogP contribution in [0.15, 0.2) is 94.7 Å². The molecule has 0 bridgehead atoms. The highest BCUT2D eigenvalue weighted by molar-refractivity contribution is 7.99. The molecule has 0 aromatic heterocycles. The van der Waals surface area contributed by atoms with Crippen molar-refractivity contribution in [1.29, 1.82) is 0 Å². The maximum atomic E-state index is 13.0. The normalized spacial score (nSPS) is 15.7. The molecule has 0 saturated carbocycles. The van der Waals surface area contributed by atoms with Crippen LogP contribution in [0.25, 0.3) is 0 Å². The highest BCUT2D eigenvalue weighted by Gasteiger charge is 2.26. The minimum atomic E-state index is -0.178. The molecule has 33 heavy (non-hydrogen) atoms. The minimum absolute atomic E-state index is 0.0389. The standard InChI is InChI=1S/C27H31N3O2S/c1-22(30-18-16-29(17-19-30)20-21-32-23-10-4-2-5-11-23)27(31)28-25-14-8-9-15-26(25)33-24-12-6-3-7-13-24/h2-15,22H,16-21H2,1H3,(H,28,31). The van der Waals surface area contributed by atoms with E-state index in [4.69, 9.17) is 4.74 Å². The molecule has 1 saturated heterocycles. The monoisotopic (exact) mass is 461 g/mol. The Morgan fingerprint density at radius 2 is 1.55 bits per heavy atom. The lowest BCUT2D eigenvalue weighted by molar-refractivity contribution is -0.121. The molecule has 3 aromatic rings. The molecule has 172 valence electrons. The Bertz CT molecular complexity index is 1010. The molecule has 1 atom stereocenters. The van der Waals surface area contributed by atoms with Crippen molar-refractivity contribution in [2.24, 2.45) is 0 Å². The maximum absolute atomic E-state index is 13.0. The molecule has 1 N–H and O–H groups in total. The summed E-state index contributed by atoms with van der Waals surface area (Å²) in [5.41, 5.74) is 0.861. The van der Waals surface area contributed by atoms with E-state index in [-0.39, 0.29) is 11.9 Å². The Balaban J connectivity index is 1.25. The lowest BCUT2D eigenvalue weighted by Crippen LogP contribution is -2.53. The molecule has 1 heterocycles. The number of para-hydroxylation sites is 2. The number of carbonyl (C=O) groups excluding carboxylic acids is 1. The second kappa shape index (κ2) is 11.9. The van der Waals surface area contributed by atoms with Gasteiger partial charge in [0.1, 0.15) is 12.4 Å². The highest BCUT2D eigenvalue weighted by atomic mass is 32.2. The van der Waals surface area contributed by atoms with Gasteiger partial charge >= 0.3 is 0 Å². The Morgan fingerprint density at radius 1 is 0.909 bits per heavy atom. The van der Waals surface area contributed by atoms with Crippen molar-refractivity contribution in [1.82, 2.24) is 9.80 Å². The van der Waals surface area contributed by atoms with E-state index in [1.807, 2.05) is 79.7 Å². The summed E-state index contributed by atoms with van der Waals surface area (Å²) < 4.78 is 5.82. The number of hydrogen-bond acceptors (Lipinski definition) is 5. The van der Waals surface area contributed by atoms with Crippen molar-refractivity contribution in [2.45, 2.75) is 22.8 Å².